The van der Waals surface area contributed by atoms with Crippen molar-refractivity contribution in [1.82, 2.24) is 14.7 Å². The number of hydrogen-bond donors (Lipinski definition) is 1. The number of benzene rings is 3. The number of hydrogen-bond acceptors (Lipinski definition) is 5. The maximum atomic E-state index is 5.12. The highest BCUT2D eigenvalue weighted by atomic mass is 15.5. The van der Waals surface area contributed by atoms with Crippen molar-refractivity contribution in [2.75, 3.05) is 30.9 Å². The van der Waals surface area contributed by atoms with Gasteiger partial charge >= 0.3 is 0 Å². The quantitative estimate of drug-likeness (QED) is 0.430. The molecule has 180 valence electrons. The number of anilines is 3. The predicted octanol–water partition coefficient (Wildman–Crippen LogP) is 5.23. The Morgan fingerprint density at radius 3 is 2.28 bits per heavy atom. The van der Waals surface area contributed by atoms with Crippen LogP contribution in [0.1, 0.15) is 18.1 Å². The lowest BCUT2D eigenvalue weighted by molar-refractivity contribution is 0.686. The smallest absolute Gasteiger partial charge is 0.208 e. The molecule has 0 saturated carbocycles. The predicted molar refractivity (Wildman–Crippen MR) is 147 cm³/mol. The van der Waals surface area contributed by atoms with Gasteiger partial charge in [0.2, 0.25) is 5.96 Å². The van der Waals surface area contributed by atoms with Gasteiger partial charge in [-0.1, -0.05) is 72.8 Å². The number of para-hydroxylation sites is 1. The summed E-state index contributed by atoms with van der Waals surface area (Å²) in [6.45, 7) is 3.57. The van der Waals surface area contributed by atoms with Crippen LogP contribution in [0.4, 0.5) is 17.3 Å². The molecule has 0 spiro atoms. The van der Waals surface area contributed by atoms with Gasteiger partial charge in [-0.2, -0.15) is 5.10 Å². The Morgan fingerprint density at radius 2 is 1.58 bits per heavy atom. The first-order chi connectivity index (χ1) is 17.6. The third-order valence-corrected chi connectivity index (χ3v) is 6.70. The van der Waals surface area contributed by atoms with Crippen molar-refractivity contribution in [3.63, 3.8) is 0 Å². The fourth-order valence-electron chi connectivity index (χ4n) is 4.98. The Kier molecular flexibility index (Phi) is 5.52. The summed E-state index contributed by atoms with van der Waals surface area (Å²) in [5, 5.41) is 8.76. The average molecular weight is 476 g/mol. The molecule has 3 aromatic carbocycles. The van der Waals surface area contributed by atoms with E-state index in [0.717, 1.165) is 41.2 Å². The van der Waals surface area contributed by atoms with E-state index in [-0.39, 0.29) is 6.04 Å². The first-order valence-corrected chi connectivity index (χ1v) is 12.3. The van der Waals surface area contributed by atoms with Crippen molar-refractivity contribution >= 4 is 29.1 Å². The van der Waals surface area contributed by atoms with Gasteiger partial charge in [-0.15, -0.1) is 0 Å². The highest BCUT2D eigenvalue weighted by molar-refractivity contribution is 6.22. The van der Waals surface area contributed by atoms with Crippen molar-refractivity contribution in [1.29, 1.82) is 0 Å². The first-order valence-electron chi connectivity index (χ1n) is 12.3. The number of nitrogens with one attached hydrogen (secondary N) is 1. The van der Waals surface area contributed by atoms with Crippen LogP contribution in [0.3, 0.4) is 0 Å². The van der Waals surface area contributed by atoms with E-state index in [1.807, 2.05) is 38.4 Å². The number of amidine groups is 1. The molecule has 7 heteroatoms. The number of aromatic nitrogens is 2. The molecule has 4 aromatic rings. The first kappa shape index (κ1) is 22.1. The van der Waals surface area contributed by atoms with Crippen LogP contribution in [-0.4, -0.2) is 53.2 Å². The summed E-state index contributed by atoms with van der Waals surface area (Å²) in [6, 6.07) is 29.6. The molecule has 36 heavy (non-hydrogen) atoms. The highest BCUT2D eigenvalue weighted by Crippen LogP contribution is 2.37. The number of guanidine groups is 1. The largest absolute Gasteiger partial charge is 0.340 e. The lowest BCUT2D eigenvalue weighted by atomic mass is 10.0. The molecule has 2 aliphatic heterocycles. The summed E-state index contributed by atoms with van der Waals surface area (Å²) >= 11 is 0. The zero-order valence-corrected chi connectivity index (χ0v) is 20.8. The van der Waals surface area contributed by atoms with E-state index in [9.17, 15) is 0 Å². The Hall–Kier alpha value is -4.39. The van der Waals surface area contributed by atoms with Crippen molar-refractivity contribution in [2.45, 2.75) is 19.5 Å². The van der Waals surface area contributed by atoms with Gasteiger partial charge in [-0.25, -0.2) is 9.67 Å². The van der Waals surface area contributed by atoms with Crippen LogP contribution in [0.25, 0.3) is 11.1 Å². The van der Waals surface area contributed by atoms with Crippen LogP contribution < -0.4 is 10.2 Å². The summed E-state index contributed by atoms with van der Waals surface area (Å²) < 4.78 is 2.06. The molecule has 0 unspecified atom stereocenters. The van der Waals surface area contributed by atoms with E-state index < -0.39 is 0 Å². The van der Waals surface area contributed by atoms with Crippen LogP contribution in [0.5, 0.6) is 0 Å². The fourth-order valence-corrected chi connectivity index (χ4v) is 4.98. The van der Waals surface area contributed by atoms with Gasteiger partial charge in [0.25, 0.3) is 0 Å². The zero-order chi connectivity index (χ0) is 24.6. The Morgan fingerprint density at radius 1 is 0.917 bits per heavy atom. The summed E-state index contributed by atoms with van der Waals surface area (Å²) in [7, 11) is 3.86. The highest BCUT2D eigenvalue weighted by Gasteiger charge is 2.40. The summed E-state index contributed by atoms with van der Waals surface area (Å²) in [6.07, 6.45) is 0. The molecular weight excluding hydrogens is 446 g/mol. The fraction of sp³-hybridized carbons (Fsp3) is 0.207. The maximum Gasteiger partial charge on any atom is 0.208 e. The van der Waals surface area contributed by atoms with Crippen LogP contribution in [0.2, 0.25) is 0 Å². The van der Waals surface area contributed by atoms with Gasteiger partial charge in [0.15, 0.2) is 5.82 Å². The summed E-state index contributed by atoms with van der Waals surface area (Å²) in [4.78, 5) is 13.8. The van der Waals surface area contributed by atoms with Crippen LogP contribution in [0, 0.1) is 0 Å². The molecule has 1 N–H and O–H groups in total. The molecular formula is C29H29N7. The minimum absolute atomic E-state index is 0.202. The lowest BCUT2D eigenvalue weighted by Gasteiger charge is -2.33. The Balaban J connectivity index is 1.42. The number of rotatable bonds is 5. The molecule has 7 nitrogen and oxygen atoms in total. The van der Waals surface area contributed by atoms with E-state index in [4.69, 9.17) is 10.1 Å². The van der Waals surface area contributed by atoms with E-state index in [2.05, 4.69) is 92.4 Å². The lowest BCUT2D eigenvalue weighted by Crippen LogP contribution is -2.48. The standard InChI is InChI=1S/C29H29N7/c1-20-18-35-28-25(26(30-2)34(3)29(35)31-20)27(32-24-12-8-5-9-13-24)36(33-28)19-21-14-16-23(17-15-21)22-10-6-4-7-11-22/h4-17,20,32H,18-19H2,1-3H3/t20-/m1/s1. The van der Waals surface area contributed by atoms with Crippen LogP contribution in [0.15, 0.2) is 94.9 Å². The van der Waals surface area contributed by atoms with Gasteiger partial charge in [0.05, 0.1) is 12.6 Å². The van der Waals surface area contributed by atoms with E-state index in [0.29, 0.717) is 6.54 Å². The third kappa shape index (κ3) is 3.82. The third-order valence-electron chi connectivity index (χ3n) is 6.70. The van der Waals surface area contributed by atoms with Crippen LogP contribution in [-0.2, 0) is 6.54 Å². The van der Waals surface area contributed by atoms with Crippen molar-refractivity contribution in [3.05, 3.63) is 96.1 Å². The van der Waals surface area contributed by atoms with Crippen molar-refractivity contribution in [3.8, 4) is 11.1 Å². The molecule has 2 aliphatic rings. The molecule has 0 radical (unpaired) electrons. The second-order valence-electron chi connectivity index (χ2n) is 9.25. The van der Waals surface area contributed by atoms with E-state index >= 15 is 0 Å². The SMILES string of the molecule is CN=C1c2c(nn(Cc3ccc(-c4ccccc4)cc3)c2Nc2ccccc2)N2C[C@@H](C)N=C2N1C. The Labute approximate surface area is 211 Å². The minimum atomic E-state index is 0.202. The molecule has 0 saturated heterocycles. The molecule has 0 amide bonds. The van der Waals surface area contributed by atoms with Gasteiger partial charge in [-0.05, 0) is 35.7 Å². The molecule has 0 aliphatic carbocycles. The molecule has 0 fully saturated rings. The second-order valence-corrected chi connectivity index (χ2v) is 9.25. The normalized spacial score (nSPS) is 17.7. The number of fused-ring (bicyclic) bond motifs is 3. The van der Waals surface area contributed by atoms with Gasteiger partial charge in [0.1, 0.15) is 17.2 Å². The molecule has 0 bridgehead atoms. The average Bonchev–Trinajstić information content (AvgIpc) is 3.47. The second kappa shape index (κ2) is 9.00. The topological polar surface area (TPSA) is 61.1 Å². The summed E-state index contributed by atoms with van der Waals surface area (Å²) in [5.74, 6) is 3.59. The van der Waals surface area contributed by atoms with Crippen LogP contribution >= 0.6 is 0 Å². The molecule has 3 heterocycles. The summed E-state index contributed by atoms with van der Waals surface area (Å²) in [5.41, 5.74) is 5.60. The van der Waals surface area contributed by atoms with Crippen molar-refractivity contribution < 1.29 is 0 Å². The molecule has 6 rings (SSSR count). The molecule has 1 atom stereocenters. The zero-order valence-electron chi connectivity index (χ0n) is 20.8. The monoisotopic (exact) mass is 475 g/mol. The number of nitrogens with zero attached hydrogens (tertiary/aromatic N) is 6. The maximum absolute atomic E-state index is 5.12. The Bertz CT molecular complexity index is 1440. The van der Waals surface area contributed by atoms with E-state index in [1.54, 1.807) is 0 Å². The van der Waals surface area contributed by atoms with Gasteiger partial charge in [0, 0.05) is 26.3 Å². The van der Waals surface area contributed by atoms with Gasteiger partial charge < -0.3 is 5.32 Å². The molecule has 1 aromatic heterocycles. The van der Waals surface area contributed by atoms with Gasteiger partial charge in [-0.3, -0.25) is 14.8 Å². The van der Waals surface area contributed by atoms with E-state index in [1.165, 1.54) is 16.7 Å². The number of aliphatic imine (C=N–C) groups is 2. The minimum Gasteiger partial charge on any atom is -0.340 e. The van der Waals surface area contributed by atoms with Crippen molar-refractivity contribution in [2.24, 2.45) is 9.98 Å².